The van der Waals surface area contributed by atoms with Crippen molar-refractivity contribution in [3.05, 3.63) is 33.8 Å². The Morgan fingerprint density at radius 2 is 2.15 bits per heavy atom. The summed E-state index contributed by atoms with van der Waals surface area (Å²) in [5.41, 5.74) is -0.847. The Labute approximate surface area is 122 Å². The third-order valence-corrected chi connectivity index (χ3v) is 4.05. The third kappa shape index (κ3) is 3.15. The van der Waals surface area contributed by atoms with Crippen LogP contribution in [-0.2, 0) is 6.18 Å². The van der Waals surface area contributed by atoms with E-state index >= 15 is 0 Å². The van der Waals surface area contributed by atoms with Crippen molar-refractivity contribution in [2.75, 3.05) is 19.7 Å². The van der Waals surface area contributed by atoms with Crippen LogP contribution in [-0.4, -0.2) is 35.6 Å². The predicted molar refractivity (Wildman–Crippen MR) is 70.2 cm³/mol. The van der Waals surface area contributed by atoms with E-state index in [2.05, 4.69) is 15.9 Å². The molecule has 3 nitrogen and oxygen atoms in total. The van der Waals surface area contributed by atoms with Gasteiger partial charge < -0.3 is 10.0 Å². The molecule has 110 valence electrons. The highest BCUT2D eigenvalue weighted by Gasteiger charge is 2.33. The summed E-state index contributed by atoms with van der Waals surface area (Å²) < 4.78 is 38.4. The number of likely N-dealkylation sites (tertiary alicyclic amines) is 1. The lowest BCUT2D eigenvalue weighted by Gasteiger charge is -2.18. The number of nitrogens with zero attached hydrogens (tertiary/aromatic N) is 1. The minimum atomic E-state index is -4.48. The van der Waals surface area contributed by atoms with Crippen LogP contribution in [0.15, 0.2) is 22.7 Å². The molecule has 0 aliphatic carbocycles. The number of aliphatic hydroxyl groups excluding tert-OH is 1. The predicted octanol–water partition coefficient (Wildman–Crippen LogP) is 2.92. The van der Waals surface area contributed by atoms with Gasteiger partial charge in [-0.3, -0.25) is 4.79 Å². The van der Waals surface area contributed by atoms with Crippen LogP contribution in [0.25, 0.3) is 0 Å². The van der Waals surface area contributed by atoms with Gasteiger partial charge in [0, 0.05) is 30.1 Å². The maximum atomic E-state index is 12.7. The molecule has 1 aliphatic heterocycles. The zero-order chi connectivity index (χ0) is 14.9. The largest absolute Gasteiger partial charge is 0.416 e. The first-order chi connectivity index (χ1) is 9.32. The van der Waals surface area contributed by atoms with Crippen molar-refractivity contribution in [2.24, 2.45) is 5.92 Å². The van der Waals surface area contributed by atoms with Crippen molar-refractivity contribution in [1.29, 1.82) is 0 Å². The van der Waals surface area contributed by atoms with E-state index < -0.39 is 17.6 Å². The van der Waals surface area contributed by atoms with E-state index in [0.717, 1.165) is 12.1 Å². The SMILES string of the molecule is O=C(c1cc(C(F)(F)F)ccc1Br)N1CCC(CO)C1. The number of amides is 1. The van der Waals surface area contributed by atoms with Gasteiger partial charge >= 0.3 is 6.18 Å². The van der Waals surface area contributed by atoms with Gasteiger partial charge in [-0.1, -0.05) is 0 Å². The highest BCUT2D eigenvalue weighted by Crippen LogP contribution is 2.32. The van der Waals surface area contributed by atoms with E-state index in [1.54, 1.807) is 0 Å². The fraction of sp³-hybridized carbons (Fsp3) is 0.462. The van der Waals surface area contributed by atoms with Gasteiger partial charge in [-0.05, 0) is 40.5 Å². The van der Waals surface area contributed by atoms with E-state index in [9.17, 15) is 18.0 Å². The highest BCUT2D eigenvalue weighted by atomic mass is 79.9. The van der Waals surface area contributed by atoms with Gasteiger partial charge in [0.25, 0.3) is 5.91 Å². The molecule has 0 radical (unpaired) electrons. The standard InChI is InChI=1S/C13H13BrF3NO2/c14-11-2-1-9(13(15,16)17)5-10(11)12(20)18-4-3-8(6-18)7-19/h1-2,5,8,19H,3-4,6-7H2. The summed E-state index contributed by atoms with van der Waals surface area (Å²) in [5.74, 6) is -0.442. The van der Waals surface area contributed by atoms with Crippen molar-refractivity contribution >= 4 is 21.8 Å². The van der Waals surface area contributed by atoms with Crippen LogP contribution in [0.4, 0.5) is 13.2 Å². The Balaban J connectivity index is 2.26. The molecule has 7 heteroatoms. The molecule has 0 bridgehead atoms. The van der Waals surface area contributed by atoms with Crippen molar-refractivity contribution in [3.8, 4) is 0 Å². The molecule has 1 aromatic rings. The number of hydrogen-bond donors (Lipinski definition) is 1. The third-order valence-electron chi connectivity index (χ3n) is 3.36. The number of benzene rings is 1. The quantitative estimate of drug-likeness (QED) is 0.889. The zero-order valence-electron chi connectivity index (χ0n) is 10.5. The van der Waals surface area contributed by atoms with Gasteiger partial charge in [0.1, 0.15) is 0 Å². The summed E-state index contributed by atoms with van der Waals surface area (Å²) >= 11 is 3.11. The Kier molecular flexibility index (Phi) is 4.39. The van der Waals surface area contributed by atoms with Crippen LogP contribution in [0, 0.1) is 5.92 Å². The van der Waals surface area contributed by atoms with Crippen LogP contribution in [0.2, 0.25) is 0 Å². The summed E-state index contributed by atoms with van der Waals surface area (Å²) in [7, 11) is 0. The lowest BCUT2D eigenvalue weighted by molar-refractivity contribution is -0.137. The molecule has 1 saturated heterocycles. The monoisotopic (exact) mass is 351 g/mol. The molecule has 20 heavy (non-hydrogen) atoms. The molecule has 0 aromatic heterocycles. The second-order valence-electron chi connectivity index (χ2n) is 4.78. The molecule has 1 atom stereocenters. The van der Waals surface area contributed by atoms with Crippen LogP contribution in [0.3, 0.4) is 0 Å². The molecule has 1 heterocycles. The van der Waals surface area contributed by atoms with Crippen molar-refractivity contribution in [2.45, 2.75) is 12.6 Å². The smallest absolute Gasteiger partial charge is 0.396 e. The topological polar surface area (TPSA) is 40.5 Å². The molecule has 1 N–H and O–H groups in total. The zero-order valence-corrected chi connectivity index (χ0v) is 12.0. The summed E-state index contributed by atoms with van der Waals surface area (Å²) in [6, 6.07) is 3.02. The Bertz CT molecular complexity index is 519. The van der Waals surface area contributed by atoms with E-state index in [1.807, 2.05) is 0 Å². The van der Waals surface area contributed by atoms with Crippen LogP contribution < -0.4 is 0 Å². The summed E-state index contributed by atoms with van der Waals surface area (Å²) in [6.45, 7) is 0.804. The van der Waals surface area contributed by atoms with Gasteiger partial charge in [-0.25, -0.2) is 0 Å². The lowest BCUT2D eigenvalue weighted by atomic mass is 10.1. The first kappa shape index (κ1) is 15.3. The molecule has 0 spiro atoms. The fourth-order valence-corrected chi connectivity index (χ4v) is 2.62. The van der Waals surface area contributed by atoms with Gasteiger partial charge in [-0.15, -0.1) is 0 Å². The van der Waals surface area contributed by atoms with Crippen LogP contribution >= 0.6 is 15.9 Å². The molecule has 1 fully saturated rings. The van der Waals surface area contributed by atoms with Crippen molar-refractivity contribution in [1.82, 2.24) is 4.90 Å². The minimum absolute atomic E-state index is 0.00147. The normalized spacial score (nSPS) is 19.4. The first-order valence-electron chi connectivity index (χ1n) is 6.10. The molecular weight excluding hydrogens is 339 g/mol. The van der Waals surface area contributed by atoms with E-state index in [0.29, 0.717) is 24.0 Å². The van der Waals surface area contributed by atoms with Crippen LogP contribution in [0.5, 0.6) is 0 Å². The minimum Gasteiger partial charge on any atom is -0.396 e. The number of halogens is 4. The maximum absolute atomic E-state index is 12.7. The van der Waals surface area contributed by atoms with E-state index in [1.165, 1.54) is 11.0 Å². The number of carbonyl (C=O) groups is 1. The highest BCUT2D eigenvalue weighted by molar-refractivity contribution is 9.10. The number of aliphatic hydroxyl groups is 1. The van der Waals surface area contributed by atoms with Gasteiger partial charge in [0.15, 0.2) is 0 Å². The number of hydrogen-bond acceptors (Lipinski definition) is 2. The van der Waals surface area contributed by atoms with Gasteiger partial charge in [-0.2, -0.15) is 13.2 Å². The van der Waals surface area contributed by atoms with E-state index in [-0.39, 0.29) is 18.1 Å². The Morgan fingerprint density at radius 3 is 2.70 bits per heavy atom. The molecular formula is C13H13BrF3NO2. The van der Waals surface area contributed by atoms with Crippen molar-refractivity contribution < 1.29 is 23.1 Å². The number of alkyl halides is 3. The summed E-state index contributed by atoms with van der Waals surface area (Å²) in [6.07, 6.45) is -3.81. The van der Waals surface area contributed by atoms with Crippen molar-refractivity contribution in [3.63, 3.8) is 0 Å². The van der Waals surface area contributed by atoms with Crippen LogP contribution in [0.1, 0.15) is 22.3 Å². The molecule has 1 aromatic carbocycles. The lowest BCUT2D eigenvalue weighted by Crippen LogP contribution is -2.29. The Morgan fingerprint density at radius 1 is 1.45 bits per heavy atom. The number of carbonyl (C=O) groups excluding carboxylic acids is 1. The van der Waals surface area contributed by atoms with E-state index in [4.69, 9.17) is 5.11 Å². The second-order valence-corrected chi connectivity index (χ2v) is 5.64. The fourth-order valence-electron chi connectivity index (χ4n) is 2.20. The molecule has 0 saturated carbocycles. The average molecular weight is 352 g/mol. The molecule has 1 aliphatic rings. The molecule has 1 amide bonds. The van der Waals surface area contributed by atoms with Gasteiger partial charge in [0.2, 0.25) is 0 Å². The molecule has 1 unspecified atom stereocenters. The van der Waals surface area contributed by atoms with Gasteiger partial charge in [0.05, 0.1) is 11.1 Å². The molecule has 2 rings (SSSR count). The second kappa shape index (κ2) is 5.73. The Hall–Kier alpha value is -1.08. The summed E-state index contributed by atoms with van der Waals surface area (Å²) in [5, 5.41) is 9.05. The average Bonchev–Trinajstić information content (AvgIpc) is 2.86. The first-order valence-corrected chi connectivity index (χ1v) is 6.89. The summed E-state index contributed by atoms with van der Waals surface area (Å²) in [4.78, 5) is 13.7. The maximum Gasteiger partial charge on any atom is 0.416 e. The number of rotatable bonds is 2.